The average Bonchev–Trinajstić information content (AvgIpc) is 3.23. The minimum atomic E-state index is 0.272. The predicted octanol–water partition coefficient (Wildman–Crippen LogP) is 4.57. The van der Waals surface area contributed by atoms with Gasteiger partial charge in [-0.1, -0.05) is 74.5 Å². The normalized spacial score (nSPS) is 16.8. The minimum absolute atomic E-state index is 0.272. The van der Waals surface area contributed by atoms with Gasteiger partial charge in [-0.2, -0.15) is 0 Å². The molecular weight excluding hydrogens is 370 g/mol. The number of benzene rings is 2. The number of nitrogens with zero attached hydrogens (tertiary/aromatic N) is 5. The van der Waals surface area contributed by atoms with Crippen molar-refractivity contribution in [1.82, 2.24) is 25.1 Å². The van der Waals surface area contributed by atoms with Crippen molar-refractivity contribution in [2.45, 2.75) is 52.1 Å². The maximum atomic E-state index is 4.47. The molecule has 1 aliphatic heterocycles. The lowest BCUT2D eigenvalue weighted by molar-refractivity contribution is 0.0951. The molecule has 0 amide bonds. The SMILES string of the molecule is CC(C)C(c1nnnn1CCc1ccccc1)N1CCC(Cc2ccccc2)CC1. The molecule has 5 nitrogen and oxygen atoms in total. The number of aromatic nitrogens is 4. The molecule has 5 heteroatoms. The zero-order chi connectivity index (χ0) is 20.8. The third-order valence-electron chi connectivity index (χ3n) is 6.32. The van der Waals surface area contributed by atoms with E-state index in [1.54, 1.807) is 0 Å². The summed E-state index contributed by atoms with van der Waals surface area (Å²) in [6.45, 7) is 7.63. The number of hydrogen-bond acceptors (Lipinski definition) is 4. The Morgan fingerprint density at radius 1 is 0.900 bits per heavy atom. The van der Waals surface area contributed by atoms with Gasteiger partial charge in [0.05, 0.1) is 6.04 Å². The Kier molecular flexibility index (Phi) is 6.90. The number of likely N-dealkylation sites (tertiary alicyclic amines) is 1. The molecule has 1 atom stereocenters. The third-order valence-corrected chi connectivity index (χ3v) is 6.32. The molecule has 1 fully saturated rings. The van der Waals surface area contributed by atoms with Crippen molar-refractivity contribution in [3.05, 3.63) is 77.6 Å². The summed E-state index contributed by atoms with van der Waals surface area (Å²) in [5, 5.41) is 12.8. The molecule has 0 saturated carbocycles. The summed E-state index contributed by atoms with van der Waals surface area (Å²) in [5.74, 6) is 2.25. The summed E-state index contributed by atoms with van der Waals surface area (Å²) in [6, 6.07) is 21.7. The van der Waals surface area contributed by atoms with Crippen LogP contribution in [0.3, 0.4) is 0 Å². The molecule has 3 aromatic rings. The third kappa shape index (κ3) is 5.14. The van der Waals surface area contributed by atoms with Crippen LogP contribution in [0.4, 0.5) is 0 Å². The first-order chi connectivity index (χ1) is 14.7. The standard InChI is InChI=1S/C25H33N5/c1-20(2)24(25-26-27-28-30(25)18-15-21-9-5-3-6-10-21)29-16-13-23(14-17-29)19-22-11-7-4-8-12-22/h3-12,20,23-24H,13-19H2,1-2H3. The molecular formula is C25H33N5. The van der Waals surface area contributed by atoms with E-state index in [1.807, 2.05) is 4.68 Å². The zero-order valence-electron chi connectivity index (χ0n) is 18.2. The number of aryl methyl sites for hydroxylation is 2. The summed E-state index contributed by atoms with van der Waals surface area (Å²) in [6.07, 6.45) is 4.62. The van der Waals surface area contributed by atoms with Gasteiger partial charge in [0.25, 0.3) is 0 Å². The van der Waals surface area contributed by atoms with Crippen molar-refractivity contribution in [3.63, 3.8) is 0 Å². The van der Waals surface area contributed by atoms with Gasteiger partial charge in [0, 0.05) is 6.54 Å². The lowest BCUT2D eigenvalue weighted by Gasteiger charge is -2.38. The van der Waals surface area contributed by atoms with Crippen LogP contribution < -0.4 is 0 Å². The second kappa shape index (κ2) is 9.98. The highest BCUT2D eigenvalue weighted by molar-refractivity contribution is 5.16. The van der Waals surface area contributed by atoms with Crippen molar-refractivity contribution in [1.29, 1.82) is 0 Å². The smallest absolute Gasteiger partial charge is 0.168 e. The van der Waals surface area contributed by atoms with Gasteiger partial charge >= 0.3 is 0 Å². The van der Waals surface area contributed by atoms with Crippen molar-refractivity contribution >= 4 is 0 Å². The highest BCUT2D eigenvalue weighted by Gasteiger charge is 2.31. The Hall–Kier alpha value is -2.53. The summed E-state index contributed by atoms with van der Waals surface area (Å²) in [7, 11) is 0. The van der Waals surface area contributed by atoms with E-state index in [0.29, 0.717) is 5.92 Å². The van der Waals surface area contributed by atoms with Gasteiger partial charge in [-0.05, 0) is 72.2 Å². The largest absolute Gasteiger partial charge is 0.293 e. The van der Waals surface area contributed by atoms with Crippen molar-refractivity contribution in [2.75, 3.05) is 13.1 Å². The van der Waals surface area contributed by atoms with Gasteiger partial charge in [0.1, 0.15) is 0 Å². The highest BCUT2D eigenvalue weighted by Crippen LogP contribution is 2.32. The van der Waals surface area contributed by atoms with E-state index in [4.69, 9.17) is 0 Å². The van der Waals surface area contributed by atoms with Crippen LogP contribution in [0.2, 0.25) is 0 Å². The fourth-order valence-electron chi connectivity index (χ4n) is 4.73. The van der Waals surface area contributed by atoms with E-state index in [9.17, 15) is 0 Å². The van der Waals surface area contributed by atoms with E-state index < -0.39 is 0 Å². The fourth-order valence-corrected chi connectivity index (χ4v) is 4.73. The van der Waals surface area contributed by atoms with Crippen LogP contribution in [0, 0.1) is 11.8 Å². The molecule has 30 heavy (non-hydrogen) atoms. The molecule has 1 aromatic heterocycles. The van der Waals surface area contributed by atoms with Crippen LogP contribution in [-0.2, 0) is 19.4 Å². The first-order valence-corrected chi connectivity index (χ1v) is 11.3. The van der Waals surface area contributed by atoms with Crippen LogP contribution in [0.15, 0.2) is 60.7 Å². The van der Waals surface area contributed by atoms with E-state index >= 15 is 0 Å². The van der Waals surface area contributed by atoms with Gasteiger partial charge in [0.2, 0.25) is 0 Å². The van der Waals surface area contributed by atoms with E-state index in [0.717, 1.165) is 37.8 Å². The van der Waals surface area contributed by atoms with Gasteiger partial charge in [0.15, 0.2) is 5.82 Å². The zero-order valence-corrected chi connectivity index (χ0v) is 18.2. The first kappa shape index (κ1) is 20.7. The average molecular weight is 404 g/mol. The van der Waals surface area contributed by atoms with Crippen LogP contribution >= 0.6 is 0 Å². The van der Waals surface area contributed by atoms with E-state index in [-0.39, 0.29) is 6.04 Å². The molecule has 1 saturated heterocycles. The van der Waals surface area contributed by atoms with Crippen molar-refractivity contribution in [3.8, 4) is 0 Å². The van der Waals surface area contributed by atoms with Crippen LogP contribution in [0.5, 0.6) is 0 Å². The van der Waals surface area contributed by atoms with E-state index in [2.05, 4.69) is 94.9 Å². The van der Waals surface area contributed by atoms with Gasteiger partial charge < -0.3 is 0 Å². The molecule has 0 N–H and O–H groups in total. The number of rotatable bonds is 8. The lowest BCUT2D eigenvalue weighted by Crippen LogP contribution is -2.40. The summed E-state index contributed by atoms with van der Waals surface area (Å²) >= 11 is 0. The molecule has 2 heterocycles. The number of hydrogen-bond donors (Lipinski definition) is 0. The summed E-state index contributed by atoms with van der Waals surface area (Å²) in [5.41, 5.74) is 2.78. The minimum Gasteiger partial charge on any atom is -0.293 e. The predicted molar refractivity (Wildman–Crippen MR) is 120 cm³/mol. The molecule has 0 bridgehead atoms. The van der Waals surface area contributed by atoms with Crippen LogP contribution in [0.25, 0.3) is 0 Å². The monoisotopic (exact) mass is 403 g/mol. The van der Waals surface area contributed by atoms with Crippen molar-refractivity contribution < 1.29 is 0 Å². The summed E-state index contributed by atoms with van der Waals surface area (Å²) in [4.78, 5) is 2.61. The molecule has 4 rings (SSSR count). The van der Waals surface area contributed by atoms with Gasteiger partial charge in [-0.3, -0.25) is 4.90 Å². The lowest BCUT2D eigenvalue weighted by atomic mass is 9.88. The molecule has 158 valence electrons. The first-order valence-electron chi connectivity index (χ1n) is 11.3. The Balaban J connectivity index is 1.39. The Labute approximate surface area is 180 Å². The quantitative estimate of drug-likeness (QED) is 0.553. The summed E-state index contributed by atoms with van der Waals surface area (Å²) < 4.78 is 2.02. The molecule has 1 unspecified atom stereocenters. The second-order valence-corrected chi connectivity index (χ2v) is 8.85. The molecule has 0 radical (unpaired) electrons. The number of piperidine rings is 1. The second-order valence-electron chi connectivity index (χ2n) is 8.85. The molecule has 0 aliphatic carbocycles. The van der Waals surface area contributed by atoms with Gasteiger partial charge in [-0.25, -0.2) is 4.68 Å². The Morgan fingerprint density at radius 3 is 2.17 bits per heavy atom. The maximum absolute atomic E-state index is 4.47. The fraction of sp³-hybridized carbons (Fsp3) is 0.480. The van der Waals surface area contributed by atoms with Crippen molar-refractivity contribution in [2.24, 2.45) is 11.8 Å². The van der Waals surface area contributed by atoms with Gasteiger partial charge in [-0.15, -0.1) is 5.10 Å². The number of tetrazole rings is 1. The topological polar surface area (TPSA) is 46.8 Å². The van der Waals surface area contributed by atoms with Crippen LogP contribution in [-0.4, -0.2) is 38.2 Å². The van der Waals surface area contributed by atoms with E-state index in [1.165, 1.54) is 30.4 Å². The molecule has 0 spiro atoms. The molecule has 2 aromatic carbocycles. The molecule has 1 aliphatic rings. The highest BCUT2D eigenvalue weighted by atomic mass is 15.5. The Bertz CT molecular complexity index is 882. The van der Waals surface area contributed by atoms with Crippen LogP contribution in [0.1, 0.15) is 49.7 Å². The maximum Gasteiger partial charge on any atom is 0.168 e. The Morgan fingerprint density at radius 2 is 1.53 bits per heavy atom.